The highest BCUT2D eigenvalue weighted by atomic mass is 35.5. The molecule has 2 heterocycles. The van der Waals surface area contributed by atoms with Gasteiger partial charge in [-0.25, -0.2) is 9.97 Å². The lowest BCUT2D eigenvalue weighted by Gasteiger charge is -2.15. The molecule has 0 amide bonds. The number of hydrogen-bond acceptors (Lipinski definition) is 4. The van der Waals surface area contributed by atoms with Gasteiger partial charge in [-0.05, 0) is 48.9 Å². The molecule has 0 saturated heterocycles. The van der Waals surface area contributed by atoms with Crippen LogP contribution < -0.4 is 5.32 Å². The third-order valence-corrected chi connectivity index (χ3v) is 4.95. The first kappa shape index (κ1) is 18.5. The monoisotopic (exact) mass is 390 g/mol. The summed E-state index contributed by atoms with van der Waals surface area (Å²) in [7, 11) is 0. The Labute approximate surface area is 170 Å². The Bertz CT molecular complexity index is 998. The van der Waals surface area contributed by atoms with Crippen molar-refractivity contribution in [1.29, 1.82) is 0 Å². The molecule has 0 aliphatic carbocycles. The van der Waals surface area contributed by atoms with Crippen LogP contribution in [-0.4, -0.2) is 34.5 Å². The molecular formula is C23H23ClN4. The van der Waals surface area contributed by atoms with Crippen molar-refractivity contribution in [3.05, 3.63) is 77.2 Å². The summed E-state index contributed by atoms with van der Waals surface area (Å²) >= 11 is 6.19. The standard InChI is InChI=1S/C23H23ClN4/c24-19-10-11-20-21(17-19)26-22(12-9-18-7-2-1-3-8-18)27-23(20)25-13-6-16-28-14-4-5-15-28/h1-4,7-12,14,17H,5-6,13,15-16H2,(H,25,26,27). The van der Waals surface area contributed by atoms with Crippen LogP contribution in [0.4, 0.5) is 5.82 Å². The Morgan fingerprint density at radius 1 is 1.07 bits per heavy atom. The summed E-state index contributed by atoms with van der Waals surface area (Å²) in [4.78, 5) is 11.8. The first-order valence-electron chi connectivity index (χ1n) is 9.63. The molecule has 0 atom stereocenters. The second kappa shape index (κ2) is 8.89. The molecule has 0 radical (unpaired) electrons. The molecule has 1 aromatic heterocycles. The number of anilines is 1. The van der Waals surface area contributed by atoms with Crippen LogP contribution in [0.5, 0.6) is 0 Å². The van der Waals surface area contributed by atoms with Gasteiger partial charge in [-0.3, -0.25) is 0 Å². The van der Waals surface area contributed by atoms with Crippen molar-refractivity contribution in [1.82, 2.24) is 14.9 Å². The Morgan fingerprint density at radius 2 is 1.96 bits per heavy atom. The van der Waals surface area contributed by atoms with E-state index in [9.17, 15) is 0 Å². The predicted molar refractivity (Wildman–Crippen MR) is 118 cm³/mol. The number of hydrogen-bond donors (Lipinski definition) is 1. The zero-order valence-electron chi connectivity index (χ0n) is 15.7. The summed E-state index contributed by atoms with van der Waals surface area (Å²) < 4.78 is 0. The normalized spacial score (nSPS) is 13.7. The van der Waals surface area contributed by atoms with Crippen LogP contribution in [0, 0.1) is 0 Å². The van der Waals surface area contributed by atoms with Crippen LogP contribution in [0.1, 0.15) is 24.2 Å². The van der Waals surface area contributed by atoms with Crippen LogP contribution in [0.25, 0.3) is 23.1 Å². The second-order valence-corrected chi connectivity index (χ2v) is 7.26. The lowest BCUT2D eigenvalue weighted by molar-refractivity contribution is 0.403. The second-order valence-electron chi connectivity index (χ2n) is 6.83. The number of nitrogens with zero attached hydrogens (tertiary/aromatic N) is 3. The highest BCUT2D eigenvalue weighted by Crippen LogP contribution is 2.24. The lowest BCUT2D eigenvalue weighted by Crippen LogP contribution is -2.18. The van der Waals surface area contributed by atoms with Gasteiger partial charge in [0.1, 0.15) is 5.82 Å². The van der Waals surface area contributed by atoms with Crippen molar-refractivity contribution < 1.29 is 0 Å². The number of fused-ring (bicyclic) bond motifs is 1. The van der Waals surface area contributed by atoms with Gasteiger partial charge in [0, 0.05) is 30.0 Å². The van der Waals surface area contributed by atoms with Crippen molar-refractivity contribution >= 4 is 40.5 Å². The highest BCUT2D eigenvalue weighted by molar-refractivity contribution is 6.31. The van der Waals surface area contributed by atoms with E-state index in [-0.39, 0.29) is 0 Å². The fourth-order valence-corrected chi connectivity index (χ4v) is 3.45. The molecular weight excluding hydrogens is 368 g/mol. The van der Waals surface area contributed by atoms with Crippen LogP contribution in [0.2, 0.25) is 5.02 Å². The van der Waals surface area contributed by atoms with Gasteiger partial charge in [-0.2, -0.15) is 0 Å². The minimum absolute atomic E-state index is 0.670. The smallest absolute Gasteiger partial charge is 0.154 e. The molecule has 1 N–H and O–H groups in total. The van der Waals surface area contributed by atoms with Crippen molar-refractivity contribution in [3.8, 4) is 0 Å². The Balaban J connectivity index is 1.53. The molecule has 28 heavy (non-hydrogen) atoms. The van der Waals surface area contributed by atoms with Gasteiger partial charge >= 0.3 is 0 Å². The average Bonchev–Trinajstić information content (AvgIpc) is 3.23. The Morgan fingerprint density at radius 3 is 2.79 bits per heavy atom. The van der Waals surface area contributed by atoms with Crippen LogP contribution in [0.15, 0.2) is 60.8 Å². The quantitative estimate of drug-likeness (QED) is 0.543. The van der Waals surface area contributed by atoms with E-state index in [1.807, 2.05) is 48.6 Å². The lowest BCUT2D eigenvalue weighted by atomic mass is 10.2. The van der Waals surface area contributed by atoms with Crippen molar-refractivity contribution in [2.24, 2.45) is 0 Å². The molecule has 5 heteroatoms. The van der Waals surface area contributed by atoms with Crippen molar-refractivity contribution in [3.63, 3.8) is 0 Å². The van der Waals surface area contributed by atoms with Crippen molar-refractivity contribution in [2.45, 2.75) is 12.8 Å². The molecule has 0 bridgehead atoms. The van der Waals surface area contributed by atoms with Gasteiger partial charge in [-0.15, -0.1) is 0 Å². The van der Waals surface area contributed by atoms with E-state index in [0.717, 1.165) is 54.8 Å². The van der Waals surface area contributed by atoms with E-state index >= 15 is 0 Å². The highest BCUT2D eigenvalue weighted by Gasteiger charge is 2.08. The molecule has 2 aromatic carbocycles. The topological polar surface area (TPSA) is 41.0 Å². The van der Waals surface area contributed by atoms with Gasteiger partial charge in [0.05, 0.1) is 5.52 Å². The first-order valence-corrected chi connectivity index (χ1v) is 10.0. The molecule has 0 fully saturated rings. The van der Waals surface area contributed by atoms with Gasteiger partial charge in [-0.1, -0.05) is 54.1 Å². The van der Waals surface area contributed by atoms with Crippen LogP contribution in [0.3, 0.4) is 0 Å². The Hall–Kier alpha value is -2.85. The number of nitrogens with one attached hydrogen (secondary N) is 1. The molecule has 0 saturated carbocycles. The maximum atomic E-state index is 6.19. The SMILES string of the molecule is Clc1ccc2c(NCCCN3C=CCC3)nc(C=Cc3ccccc3)nc2c1. The zero-order chi connectivity index (χ0) is 19.2. The molecule has 0 spiro atoms. The summed E-state index contributed by atoms with van der Waals surface area (Å²) in [5.41, 5.74) is 1.96. The summed E-state index contributed by atoms with van der Waals surface area (Å²) in [6.45, 7) is 3.05. The number of benzene rings is 2. The van der Waals surface area contributed by atoms with Gasteiger partial charge in [0.25, 0.3) is 0 Å². The van der Waals surface area contributed by atoms with Crippen molar-refractivity contribution in [2.75, 3.05) is 25.0 Å². The molecule has 1 aliphatic heterocycles. The first-order chi connectivity index (χ1) is 13.8. The Kier molecular flexibility index (Phi) is 5.88. The van der Waals surface area contributed by atoms with E-state index in [1.54, 1.807) is 0 Å². The average molecular weight is 391 g/mol. The fourth-order valence-electron chi connectivity index (χ4n) is 3.28. The third kappa shape index (κ3) is 4.70. The van der Waals surface area contributed by atoms with Gasteiger partial charge < -0.3 is 10.2 Å². The maximum absolute atomic E-state index is 6.19. The minimum atomic E-state index is 0.670. The van der Waals surface area contributed by atoms with Crippen LogP contribution >= 0.6 is 11.6 Å². The fraction of sp³-hybridized carbons (Fsp3) is 0.217. The van der Waals surface area contributed by atoms with Gasteiger partial charge in [0.2, 0.25) is 0 Å². The van der Waals surface area contributed by atoms with Crippen LogP contribution in [-0.2, 0) is 0 Å². The van der Waals surface area contributed by atoms with E-state index in [1.165, 1.54) is 0 Å². The van der Waals surface area contributed by atoms with E-state index in [4.69, 9.17) is 16.6 Å². The van der Waals surface area contributed by atoms with E-state index < -0.39 is 0 Å². The maximum Gasteiger partial charge on any atom is 0.154 e. The number of halogens is 1. The summed E-state index contributed by atoms with van der Waals surface area (Å²) in [5, 5.41) is 5.16. The number of aromatic nitrogens is 2. The summed E-state index contributed by atoms with van der Waals surface area (Å²) in [6.07, 6.45) is 10.6. The van der Waals surface area contributed by atoms with E-state index in [0.29, 0.717) is 10.8 Å². The van der Waals surface area contributed by atoms with E-state index in [2.05, 4.69) is 39.6 Å². The zero-order valence-corrected chi connectivity index (χ0v) is 16.4. The predicted octanol–water partition coefficient (Wildman–Crippen LogP) is 5.48. The molecule has 3 aromatic rings. The molecule has 142 valence electrons. The summed E-state index contributed by atoms with van der Waals surface area (Å²) in [5.74, 6) is 1.52. The summed E-state index contributed by atoms with van der Waals surface area (Å²) in [6, 6.07) is 15.9. The largest absolute Gasteiger partial charge is 0.377 e. The molecule has 1 aliphatic rings. The third-order valence-electron chi connectivity index (χ3n) is 4.71. The molecule has 0 unspecified atom stereocenters. The molecule has 4 nitrogen and oxygen atoms in total. The molecule has 4 rings (SSSR count). The minimum Gasteiger partial charge on any atom is -0.377 e. The van der Waals surface area contributed by atoms with Gasteiger partial charge in [0.15, 0.2) is 5.82 Å². The number of rotatable bonds is 7.